The van der Waals surface area contributed by atoms with Gasteiger partial charge in [0.1, 0.15) is 11.5 Å². The van der Waals surface area contributed by atoms with Crippen molar-refractivity contribution in [2.24, 2.45) is 0 Å². The quantitative estimate of drug-likeness (QED) is 0.687. The van der Waals surface area contributed by atoms with E-state index >= 15 is 0 Å². The Balaban J connectivity index is 1.40. The highest BCUT2D eigenvalue weighted by molar-refractivity contribution is 5.57. The number of anilines is 2. The van der Waals surface area contributed by atoms with Crippen LogP contribution in [0.15, 0.2) is 53.1 Å². The van der Waals surface area contributed by atoms with E-state index in [1.54, 1.807) is 14.2 Å². The SMILES string of the molecule is COc1ccc(-c2noc(N3CCN(c4ccc(OC)cc4)CC3)n2)cc1. The number of piperazine rings is 1. The third-order valence-electron chi connectivity index (χ3n) is 4.75. The van der Waals surface area contributed by atoms with Gasteiger partial charge in [0.25, 0.3) is 0 Å². The van der Waals surface area contributed by atoms with Gasteiger partial charge in [-0.05, 0) is 48.5 Å². The van der Waals surface area contributed by atoms with Gasteiger partial charge >= 0.3 is 6.01 Å². The normalized spacial score (nSPS) is 14.3. The summed E-state index contributed by atoms with van der Waals surface area (Å²) in [7, 11) is 3.32. The molecule has 2 aromatic carbocycles. The summed E-state index contributed by atoms with van der Waals surface area (Å²) < 4.78 is 15.9. The molecule has 1 saturated heterocycles. The van der Waals surface area contributed by atoms with Crippen molar-refractivity contribution >= 4 is 11.7 Å². The molecule has 0 radical (unpaired) electrons. The molecule has 0 saturated carbocycles. The first-order valence-corrected chi connectivity index (χ1v) is 8.89. The van der Waals surface area contributed by atoms with Crippen molar-refractivity contribution in [1.82, 2.24) is 10.1 Å². The average Bonchev–Trinajstić information content (AvgIpc) is 3.24. The first kappa shape index (κ1) is 17.2. The second-order valence-corrected chi connectivity index (χ2v) is 6.30. The number of ether oxygens (including phenoxy) is 2. The highest BCUT2D eigenvalue weighted by Gasteiger charge is 2.22. The van der Waals surface area contributed by atoms with Crippen molar-refractivity contribution in [3.05, 3.63) is 48.5 Å². The van der Waals surface area contributed by atoms with E-state index in [1.165, 1.54) is 5.69 Å². The predicted molar refractivity (Wildman–Crippen MR) is 104 cm³/mol. The summed E-state index contributed by atoms with van der Waals surface area (Å²) in [5.74, 6) is 2.26. The van der Waals surface area contributed by atoms with Gasteiger partial charge in [-0.15, -0.1) is 0 Å². The van der Waals surface area contributed by atoms with Crippen molar-refractivity contribution in [2.45, 2.75) is 0 Å². The van der Waals surface area contributed by atoms with Gasteiger partial charge in [-0.1, -0.05) is 5.16 Å². The average molecular weight is 366 g/mol. The molecule has 3 aromatic rings. The van der Waals surface area contributed by atoms with Crippen LogP contribution < -0.4 is 19.3 Å². The molecule has 0 unspecified atom stereocenters. The molecule has 0 spiro atoms. The lowest BCUT2D eigenvalue weighted by molar-refractivity contribution is 0.409. The van der Waals surface area contributed by atoms with Crippen molar-refractivity contribution in [3.8, 4) is 22.9 Å². The van der Waals surface area contributed by atoms with Crippen LogP contribution >= 0.6 is 0 Å². The van der Waals surface area contributed by atoms with Gasteiger partial charge in [0.05, 0.1) is 14.2 Å². The topological polar surface area (TPSA) is 63.9 Å². The lowest BCUT2D eigenvalue weighted by Crippen LogP contribution is -2.46. The molecule has 7 nitrogen and oxygen atoms in total. The molecule has 0 amide bonds. The maximum atomic E-state index is 5.48. The summed E-state index contributed by atoms with van der Waals surface area (Å²) in [6.07, 6.45) is 0. The molecular formula is C20H22N4O3. The third-order valence-corrected chi connectivity index (χ3v) is 4.75. The second-order valence-electron chi connectivity index (χ2n) is 6.30. The van der Waals surface area contributed by atoms with E-state index in [2.05, 4.69) is 32.1 Å². The Morgan fingerprint density at radius 3 is 1.93 bits per heavy atom. The predicted octanol–water partition coefficient (Wildman–Crippen LogP) is 3.08. The molecule has 4 rings (SSSR count). The van der Waals surface area contributed by atoms with E-state index in [0.717, 1.165) is 43.2 Å². The fourth-order valence-electron chi connectivity index (χ4n) is 3.15. The minimum absolute atomic E-state index is 0.565. The van der Waals surface area contributed by atoms with Gasteiger partial charge in [-0.2, -0.15) is 4.98 Å². The van der Waals surface area contributed by atoms with Gasteiger partial charge in [0, 0.05) is 37.4 Å². The molecule has 0 bridgehead atoms. The number of methoxy groups -OCH3 is 2. The Kier molecular flexibility index (Phi) is 4.82. The molecule has 2 heterocycles. The molecule has 1 aliphatic rings. The van der Waals surface area contributed by atoms with Crippen molar-refractivity contribution < 1.29 is 14.0 Å². The van der Waals surface area contributed by atoms with Crippen LogP contribution in [0.3, 0.4) is 0 Å². The summed E-state index contributed by atoms with van der Waals surface area (Å²) in [5, 5.41) is 4.12. The number of hydrogen-bond donors (Lipinski definition) is 0. The second kappa shape index (κ2) is 7.57. The van der Waals surface area contributed by atoms with Crippen molar-refractivity contribution in [2.75, 3.05) is 50.2 Å². The van der Waals surface area contributed by atoms with Crippen LogP contribution in [0.4, 0.5) is 11.7 Å². The minimum Gasteiger partial charge on any atom is -0.497 e. The third kappa shape index (κ3) is 3.67. The Bertz CT molecular complexity index is 869. The molecule has 27 heavy (non-hydrogen) atoms. The summed E-state index contributed by atoms with van der Waals surface area (Å²) >= 11 is 0. The van der Waals surface area contributed by atoms with Crippen LogP contribution in [0.2, 0.25) is 0 Å². The van der Waals surface area contributed by atoms with Gasteiger partial charge < -0.3 is 23.8 Å². The number of nitrogens with zero attached hydrogens (tertiary/aromatic N) is 4. The largest absolute Gasteiger partial charge is 0.497 e. The van der Waals surface area contributed by atoms with E-state index in [4.69, 9.17) is 14.0 Å². The maximum Gasteiger partial charge on any atom is 0.324 e. The molecule has 0 N–H and O–H groups in total. The fourth-order valence-corrected chi connectivity index (χ4v) is 3.15. The lowest BCUT2D eigenvalue weighted by atomic mass is 10.2. The smallest absolute Gasteiger partial charge is 0.324 e. The highest BCUT2D eigenvalue weighted by atomic mass is 16.5. The van der Waals surface area contributed by atoms with Crippen LogP contribution in [0, 0.1) is 0 Å². The molecule has 7 heteroatoms. The fraction of sp³-hybridized carbons (Fsp3) is 0.300. The molecule has 0 atom stereocenters. The minimum atomic E-state index is 0.565. The van der Waals surface area contributed by atoms with E-state index in [9.17, 15) is 0 Å². The van der Waals surface area contributed by atoms with Crippen LogP contribution in [0.5, 0.6) is 11.5 Å². The molecule has 0 aliphatic carbocycles. The van der Waals surface area contributed by atoms with E-state index in [-0.39, 0.29) is 0 Å². The Labute approximate surface area is 158 Å². The number of rotatable bonds is 5. The van der Waals surface area contributed by atoms with Gasteiger partial charge in [-0.25, -0.2) is 0 Å². The number of aromatic nitrogens is 2. The Morgan fingerprint density at radius 2 is 1.33 bits per heavy atom. The first-order chi connectivity index (χ1) is 13.3. The summed E-state index contributed by atoms with van der Waals surface area (Å²) in [6, 6.07) is 16.3. The Morgan fingerprint density at radius 1 is 0.778 bits per heavy atom. The molecule has 1 fully saturated rings. The van der Waals surface area contributed by atoms with Crippen molar-refractivity contribution in [3.63, 3.8) is 0 Å². The zero-order valence-corrected chi connectivity index (χ0v) is 15.5. The zero-order chi connectivity index (χ0) is 18.6. The van der Waals surface area contributed by atoms with Gasteiger partial charge in [0.2, 0.25) is 5.82 Å². The van der Waals surface area contributed by atoms with E-state index < -0.39 is 0 Å². The molecular weight excluding hydrogens is 344 g/mol. The molecule has 140 valence electrons. The highest BCUT2D eigenvalue weighted by Crippen LogP contribution is 2.25. The monoisotopic (exact) mass is 366 g/mol. The maximum absolute atomic E-state index is 5.48. The van der Waals surface area contributed by atoms with Crippen LogP contribution in [0.1, 0.15) is 0 Å². The van der Waals surface area contributed by atoms with Crippen molar-refractivity contribution in [1.29, 1.82) is 0 Å². The van der Waals surface area contributed by atoms with Gasteiger partial charge in [-0.3, -0.25) is 0 Å². The van der Waals surface area contributed by atoms with Gasteiger partial charge in [0.15, 0.2) is 0 Å². The molecule has 1 aromatic heterocycles. The summed E-state index contributed by atoms with van der Waals surface area (Å²) in [4.78, 5) is 9.02. The summed E-state index contributed by atoms with van der Waals surface area (Å²) in [6.45, 7) is 3.45. The number of hydrogen-bond acceptors (Lipinski definition) is 7. The lowest BCUT2D eigenvalue weighted by Gasteiger charge is -2.35. The summed E-state index contributed by atoms with van der Waals surface area (Å²) in [5.41, 5.74) is 2.10. The first-order valence-electron chi connectivity index (χ1n) is 8.89. The standard InChI is InChI=1S/C20H22N4O3/c1-25-17-7-3-15(4-8-17)19-21-20(27-22-19)24-13-11-23(12-14-24)16-5-9-18(26-2)10-6-16/h3-10H,11-14H2,1-2H3. The Hall–Kier alpha value is -3.22. The van der Waals surface area contributed by atoms with Crippen LogP contribution in [-0.2, 0) is 0 Å². The van der Waals surface area contributed by atoms with E-state index in [1.807, 2.05) is 36.4 Å². The zero-order valence-electron chi connectivity index (χ0n) is 15.5. The number of benzene rings is 2. The van der Waals surface area contributed by atoms with Crippen LogP contribution in [-0.4, -0.2) is 50.5 Å². The van der Waals surface area contributed by atoms with Crippen LogP contribution in [0.25, 0.3) is 11.4 Å². The molecule has 1 aliphatic heterocycles. The van der Waals surface area contributed by atoms with E-state index in [0.29, 0.717) is 11.8 Å².